The van der Waals surface area contributed by atoms with Gasteiger partial charge >= 0.3 is 0 Å². The average Bonchev–Trinajstić information content (AvgIpc) is 2.90. The highest BCUT2D eigenvalue weighted by molar-refractivity contribution is 7.85. The first-order valence-corrected chi connectivity index (χ1v) is 12.0. The van der Waals surface area contributed by atoms with E-state index in [2.05, 4.69) is 12.2 Å². The second kappa shape index (κ2) is 9.49. The van der Waals surface area contributed by atoms with E-state index in [-0.39, 0.29) is 11.8 Å². The van der Waals surface area contributed by atoms with Crippen molar-refractivity contribution < 1.29 is 13.8 Å². The van der Waals surface area contributed by atoms with Gasteiger partial charge in [0.15, 0.2) is 0 Å². The Morgan fingerprint density at radius 3 is 2.53 bits per heavy atom. The highest BCUT2D eigenvalue weighted by Gasteiger charge is 2.31. The molecule has 0 aliphatic carbocycles. The zero-order valence-electron chi connectivity index (χ0n) is 18.3. The van der Waals surface area contributed by atoms with Gasteiger partial charge in [0.2, 0.25) is 0 Å². The first kappa shape index (κ1) is 22.0. The molecular weight excluding hydrogens is 420 g/mol. The lowest BCUT2D eigenvalue weighted by atomic mass is 10.1. The molecule has 1 aliphatic rings. The van der Waals surface area contributed by atoms with E-state index in [9.17, 15) is 13.8 Å². The second-order valence-corrected chi connectivity index (χ2v) is 9.29. The van der Waals surface area contributed by atoms with Crippen LogP contribution < -0.4 is 10.2 Å². The molecule has 0 spiro atoms. The lowest BCUT2D eigenvalue weighted by Gasteiger charge is -2.24. The van der Waals surface area contributed by atoms with Gasteiger partial charge in [-0.05, 0) is 54.8 Å². The molecule has 2 amide bonds. The van der Waals surface area contributed by atoms with Gasteiger partial charge in [-0.3, -0.25) is 9.59 Å². The summed E-state index contributed by atoms with van der Waals surface area (Å²) in [7, 11) is -1.53. The minimum Gasteiger partial charge on any atom is -0.352 e. The van der Waals surface area contributed by atoms with Crippen molar-refractivity contribution in [2.24, 2.45) is 0 Å². The van der Waals surface area contributed by atoms with Crippen LogP contribution in [0, 0.1) is 6.92 Å². The molecule has 0 fully saturated rings. The maximum Gasteiger partial charge on any atom is 0.259 e. The molecule has 0 bridgehead atoms. The van der Waals surface area contributed by atoms with Gasteiger partial charge < -0.3 is 10.2 Å². The van der Waals surface area contributed by atoms with Crippen LogP contribution in [0.2, 0.25) is 0 Å². The highest BCUT2D eigenvalue weighted by atomic mass is 32.2. The molecule has 4 rings (SSSR count). The Hall–Kier alpha value is -3.25. The summed E-state index contributed by atoms with van der Waals surface area (Å²) < 4.78 is 13.5. The van der Waals surface area contributed by atoms with Gasteiger partial charge in [0.25, 0.3) is 11.8 Å². The van der Waals surface area contributed by atoms with E-state index in [4.69, 9.17) is 0 Å². The van der Waals surface area contributed by atoms with Crippen molar-refractivity contribution in [3.8, 4) is 0 Å². The maximum atomic E-state index is 13.6. The quantitative estimate of drug-likeness (QED) is 0.551. The van der Waals surface area contributed by atoms with Gasteiger partial charge in [-0.25, -0.2) is 4.21 Å². The van der Waals surface area contributed by atoms with E-state index in [0.717, 1.165) is 24.0 Å². The predicted molar refractivity (Wildman–Crippen MR) is 126 cm³/mol. The van der Waals surface area contributed by atoms with E-state index in [0.29, 0.717) is 39.7 Å². The number of aryl methyl sites for hydroxylation is 1. The van der Waals surface area contributed by atoms with Crippen LogP contribution in [-0.4, -0.2) is 22.6 Å². The van der Waals surface area contributed by atoms with E-state index >= 15 is 0 Å². The van der Waals surface area contributed by atoms with Crippen LogP contribution in [-0.2, 0) is 17.3 Å². The van der Waals surface area contributed by atoms with Gasteiger partial charge in [0, 0.05) is 12.1 Å². The molecule has 3 aromatic rings. The number of benzene rings is 3. The molecule has 3 aromatic carbocycles. The number of hydrogen-bond donors (Lipinski definition) is 1. The molecular formula is C26H26N2O3S. The molecule has 1 N–H and O–H groups in total. The second-order valence-electron chi connectivity index (χ2n) is 7.87. The number of amides is 2. The number of rotatable bonds is 6. The Morgan fingerprint density at radius 1 is 1.00 bits per heavy atom. The number of unbranched alkanes of at least 4 members (excludes halogenated alkanes) is 1. The molecule has 1 atom stereocenters. The number of anilines is 1. The minimum absolute atomic E-state index is 0.197. The number of nitrogens with zero attached hydrogens (tertiary/aromatic N) is 1. The van der Waals surface area contributed by atoms with Gasteiger partial charge in [0.1, 0.15) is 0 Å². The van der Waals surface area contributed by atoms with Crippen LogP contribution in [0.1, 0.15) is 51.6 Å². The third-order valence-corrected chi connectivity index (χ3v) is 7.18. The predicted octanol–water partition coefficient (Wildman–Crippen LogP) is 4.85. The van der Waals surface area contributed by atoms with Crippen LogP contribution in [0.25, 0.3) is 0 Å². The fraction of sp³-hybridized carbons (Fsp3) is 0.231. The Morgan fingerprint density at radius 2 is 1.75 bits per heavy atom. The van der Waals surface area contributed by atoms with Crippen LogP contribution >= 0.6 is 0 Å². The molecule has 0 saturated heterocycles. The molecule has 1 heterocycles. The molecule has 6 heteroatoms. The first-order chi connectivity index (χ1) is 15.5. The maximum absolute atomic E-state index is 13.6. The third-order valence-electron chi connectivity index (χ3n) is 5.68. The minimum atomic E-state index is -1.53. The van der Waals surface area contributed by atoms with E-state index in [1.54, 1.807) is 47.4 Å². The number of carbonyl (C=O) groups is 2. The highest BCUT2D eigenvalue weighted by Crippen LogP contribution is 2.36. The third kappa shape index (κ3) is 4.23. The summed E-state index contributed by atoms with van der Waals surface area (Å²) in [6.45, 7) is 4.99. The Balaban J connectivity index is 1.82. The summed E-state index contributed by atoms with van der Waals surface area (Å²) in [5.74, 6) is -0.420. The topological polar surface area (TPSA) is 66.5 Å². The molecule has 0 aromatic heterocycles. The van der Waals surface area contributed by atoms with Crippen LogP contribution in [0.4, 0.5) is 5.69 Å². The molecule has 0 saturated carbocycles. The van der Waals surface area contributed by atoms with E-state index in [1.807, 2.05) is 31.2 Å². The Bertz CT molecular complexity index is 1210. The number of fused-ring (bicyclic) bond motifs is 2. The first-order valence-electron chi connectivity index (χ1n) is 10.8. The van der Waals surface area contributed by atoms with Gasteiger partial charge in [-0.1, -0.05) is 49.7 Å². The molecule has 164 valence electrons. The van der Waals surface area contributed by atoms with Crippen molar-refractivity contribution in [1.82, 2.24) is 5.32 Å². The number of carbonyl (C=O) groups excluding carboxylic acids is 2. The van der Waals surface area contributed by atoms with Gasteiger partial charge in [-0.2, -0.15) is 0 Å². The summed E-state index contributed by atoms with van der Waals surface area (Å²) in [6.07, 6.45) is 1.88. The van der Waals surface area contributed by atoms with Gasteiger partial charge in [0.05, 0.1) is 38.4 Å². The summed E-state index contributed by atoms with van der Waals surface area (Å²) in [4.78, 5) is 29.0. The van der Waals surface area contributed by atoms with Crippen molar-refractivity contribution in [3.63, 3.8) is 0 Å². The Labute approximate surface area is 190 Å². The SMILES string of the molecule is CCCCNC(=O)c1ccc2c(c1)N(Cc1ccccc1C)C(=O)c1ccccc1[S@]2=O. The molecule has 0 unspecified atom stereocenters. The monoisotopic (exact) mass is 446 g/mol. The summed E-state index contributed by atoms with van der Waals surface area (Å²) in [5.41, 5.74) is 3.44. The normalized spacial score (nSPS) is 15.0. The van der Waals surface area contributed by atoms with Crippen molar-refractivity contribution in [2.75, 3.05) is 11.4 Å². The summed E-state index contributed by atoms with van der Waals surface area (Å²) in [6, 6.07) is 20.0. The summed E-state index contributed by atoms with van der Waals surface area (Å²) in [5, 5.41) is 2.92. The van der Waals surface area contributed by atoms with E-state index < -0.39 is 10.8 Å². The lowest BCUT2D eigenvalue weighted by Crippen LogP contribution is -2.31. The molecule has 1 aliphatic heterocycles. The van der Waals surface area contributed by atoms with Crippen LogP contribution in [0.3, 0.4) is 0 Å². The lowest BCUT2D eigenvalue weighted by molar-refractivity contribution is 0.0949. The smallest absolute Gasteiger partial charge is 0.259 e. The summed E-state index contributed by atoms with van der Waals surface area (Å²) >= 11 is 0. The molecule has 32 heavy (non-hydrogen) atoms. The largest absolute Gasteiger partial charge is 0.352 e. The molecule has 0 radical (unpaired) electrons. The van der Waals surface area contributed by atoms with Crippen molar-refractivity contribution in [3.05, 3.63) is 89.0 Å². The number of hydrogen-bond acceptors (Lipinski definition) is 3. The van der Waals surface area contributed by atoms with Gasteiger partial charge in [-0.15, -0.1) is 0 Å². The van der Waals surface area contributed by atoms with Crippen LogP contribution in [0.5, 0.6) is 0 Å². The zero-order valence-corrected chi connectivity index (χ0v) is 19.1. The van der Waals surface area contributed by atoms with E-state index in [1.165, 1.54) is 0 Å². The Kier molecular flexibility index (Phi) is 6.51. The zero-order chi connectivity index (χ0) is 22.7. The van der Waals surface area contributed by atoms with Crippen molar-refractivity contribution in [1.29, 1.82) is 0 Å². The van der Waals surface area contributed by atoms with Crippen molar-refractivity contribution in [2.45, 2.75) is 43.0 Å². The number of nitrogens with one attached hydrogen (secondary N) is 1. The molecule has 5 nitrogen and oxygen atoms in total. The standard InChI is InChI=1S/C26H26N2O3S/c1-3-4-15-27-25(29)19-13-14-24-22(16-19)28(17-20-10-6-5-9-18(20)2)26(30)21-11-7-8-12-23(21)32(24)31/h5-14,16H,3-4,15,17H2,1-2H3,(H,27,29)/t32-/m1/s1. The fourth-order valence-electron chi connectivity index (χ4n) is 3.80. The average molecular weight is 447 g/mol. The van der Waals surface area contributed by atoms with Crippen molar-refractivity contribution >= 4 is 28.3 Å². The fourth-order valence-corrected chi connectivity index (χ4v) is 5.15. The van der Waals surface area contributed by atoms with Crippen LogP contribution in [0.15, 0.2) is 76.5 Å².